The van der Waals surface area contributed by atoms with Crippen molar-refractivity contribution in [2.24, 2.45) is 10.9 Å². The molecule has 0 atom stereocenters. The maximum atomic E-state index is 8.88. The van der Waals surface area contributed by atoms with Gasteiger partial charge in [0.15, 0.2) is 5.84 Å². The first-order valence-corrected chi connectivity index (χ1v) is 5.02. The molecule has 0 amide bonds. The van der Waals surface area contributed by atoms with Crippen molar-refractivity contribution >= 4 is 11.5 Å². The van der Waals surface area contributed by atoms with Crippen LogP contribution >= 0.6 is 0 Å². The lowest BCUT2D eigenvalue weighted by Gasteiger charge is -2.21. The van der Waals surface area contributed by atoms with Crippen molar-refractivity contribution in [3.63, 3.8) is 0 Å². The molecule has 0 saturated carbocycles. The van der Waals surface area contributed by atoms with Gasteiger partial charge in [0.1, 0.15) is 5.69 Å². The van der Waals surface area contributed by atoms with Crippen molar-refractivity contribution in [3.05, 3.63) is 24.0 Å². The van der Waals surface area contributed by atoms with Gasteiger partial charge in [0, 0.05) is 13.1 Å². The molecule has 1 rings (SSSR count). The highest BCUT2D eigenvalue weighted by Crippen LogP contribution is 2.12. The Morgan fingerprint density at radius 3 is 2.75 bits per heavy atom. The van der Waals surface area contributed by atoms with Crippen molar-refractivity contribution in [1.29, 1.82) is 0 Å². The number of pyridine rings is 1. The Bertz CT molecular complexity index is 350. The second-order valence-electron chi connectivity index (χ2n) is 3.19. The fourth-order valence-corrected chi connectivity index (χ4v) is 1.37. The highest BCUT2D eigenvalue weighted by Gasteiger charge is 2.05. The summed E-state index contributed by atoms with van der Waals surface area (Å²) < 4.78 is 0. The van der Waals surface area contributed by atoms with E-state index < -0.39 is 0 Å². The molecule has 6 nitrogen and oxygen atoms in total. The zero-order valence-corrected chi connectivity index (χ0v) is 9.17. The van der Waals surface area contributed by atoms with Crippen LogP contribution in [0.5, 0.6) is 0 Å². The zero-order chi connectivity index (χ0) is 12.0. The van der Waals surface area contributed by atoms with Crippen molar-refractivity contribution in [2.75, 3.05) is 24.6 Å². The van der Waals surface area contributed by atoms with Crippen LogP contribution in [0.25, 0.3) is 0 Å². The highest BCUT2D eigenvalue weighted by atomic mass is 16.4. The Morgan fingerprint density at radius 2 is 2.31 bits per heavy atom. The van der Waals surface area contributed by atoms with Crippen molar-refractivity contribution < 1.29 is 10.3 Å². The van der Waals surface area contributed by atoms with Gasteiger partial charge in [0.2, 0.25) is 0 Å². The van der Waals surface area contributed by atoms with Crippen LogP contribution < -0.4 is 10.6 Å². The lowest BCUT2D eigenvalue weighted by atomic mass is 10.3. The fourth-order valence-electron chi connectivity index (χ4n) is 1.37. The van der Waals surface area contributed by atoms with E-state index in [2.05, 4.69) is 10.1 Å². The molecule has 0 aliphatic rings. The van der Waals surface area contributed by atoms with E-state index in [0.717, 1.165) is 12.2 Å². The second kappa shape index (κ2) is 5.92. The number of amidine groups is 1. The number of hydrogen-bond donors (Lipinski definition) is 3. The summed E-state index contributed by atoms with van der Waals surface area (Å²) in [5, 5.41) is 20.2. The number of anilines is 1. The van der Waals surface area contributed by atoms with Crippen LogP contribution in [-0.2, 0) is 0 Å². The Hall–Kier alpha value is -1.82. The molecule has 0 fully saturated rings. The molecular formula is C10H16N4O2. The van der Waals surface area contributed by atoms with E-state index in [0.29, 0.717) is 12.2 Å². The van der Waals surface area contributed by atoms with Crippen LogP contribution in [0.3, 0.4) is 0 Å². The van der Waals surface area contributed by atoms with E-state index in [1.165, 1.54) is 0 Å². The smallest absolute Gasteiger partial charge is 0.188 e. The number of aliphatic hydroxyl groups excluding tert-OH is 1. The molecule has 1 aromatic rings. The molecule has 0 bridgehead atoms. The highest BCUT2D eigenvalue weighted by molar-refractivity contribution is 5.95. The largest absolute Gasteiger partial charge is 0.409 e. The molecule has 1 heterocycles. The van der Waals surface area contributed by atoms with Gasteiger partial charge in [-0.1, -0.05) is 5.16 Å². The SMILES string of the molecule is CCN(CCO)c1ccc(/C(N)=N/O)nc1. The van der Waals surface area contributed by atoms with Gasteiger partial charge in [-0.3, -0.25) is 4.98 Å². The average molecular weight is 224 g/mol. The number of aromatic nitrogens is 1. The van der Waals surface area contributed by atoms with E-state index in [4.69, 9.17) is 16.0 Å². The van der Waals surface area contributed by atoms with Gasteiger partial charge in [-0.25, -0.2) is 0 Å². The van der Waals surface area contributed by atoms with Crippen LogP contribution in [-0.4, -0.2) is 40.8 Å². The quantitative estimate of drug-likeness (QED) is 0.283. The molecule has 0 radical (unpaired) electrons. The number of hydrogen-bond acceptors (Lipinski definition) is 5. The third-order valence-electron chi connectivity index (χ3n) is 2.23. The minimum absolute atomic E-state index is 0.0169. The third-order valence-corrected chi connectivity index (χ3v) is 2.23. The van der Waals surface area contributed by atoms with Crippen LogP contribution in [0.4, 0.5) is 5.69 Å². The molecule has 88 valence electrons. The average Bonchev–Trinajstić information content (AvgIpc) is 2.35. The monoisotopic (exact) mass is 224 g/mol. The normalized spacial score (nSPS) is 11.5. The van der Waals surface area contributed by atoms with Gasteiger partial charge in [0.25, 0.3) is 0 Å². The summed E-state index contributed by atoms with van der Waals surface area (Å²) in [4.78, 5) is 6.04. The first-order valence-electron chi connectivity index (χ1n) is 5.02. The van der Waals surface area contributed by atoms with E-state index >= 15 is 0 Å². The topological polar surface area (TPSA) is 95.0 Å². The van der Waals surface area contributed by atoms with Crippen LogP contribution in [0.15, 0.2) is 23.5 Å². The standard InChI is InChI=1S/C10H16N4O2/c1-2-14(5-6-15)8-3-4-9(12-7-8)10(11)13-16/h3-4,7,15-16H,2,5-6H2,1H3,(H2,11,13). The Kier molecular flexibility index (Phi) is 4.53. The molecule has 1 aromatic heterocycles. The molecule has 0 aliphatic heterocycles. The molecular weight excluding hydrogens is 208 g/mol. The van der Waals surface area contributed by atoms with Gasteiger partial charge < -0.3 is 20.9 Å². The van der Waals surface area contributed by atoms with Crippen LogP contribution in [0.1, 0.15) is 12.6 Å². The summed E-state index contributed by atoms with van der Waals surface area (Å²) in [6.07, 6.45) is 1.63. The van der Waals surface area contributed by atoms with Crippen molar-refractivity contribution in [2.45, 2.75) is 6.92 Å². The minimum Gasteiger partial charge on any atom is -0.409 e. The van der Waals surface area contributed by atoms with Crippen molar-refractivity contribution in [3.8, 4) is 0 Å². The lowest BCUT2D eigenvalue weighted by Crippen LogP contribution is -2.26. The zero-order valence-electron chi connectivity index (χ0n) is 9.17. The Balaban J connectivity index is 2.84. The van der Waals surface area contributed by atoms with E-state index in [-0.39, 0.29) is 12.4 Å². The summed E-state index contributed by atoms with van der Waals surface area (Å²) in [7, 11) is 0. The van der Waals surface area contributed by atoms with E-state index in [1.807, 2.05) is 17.9 Å². The molecule has 0 aliphatic carbocycles. The third kappa shape index (κ3) is 2.83. The first kappa shape index (κ1) is 12.3. The number of oxime groups is 1. The Morgan fingerprint density at radius 1 is 1.56 bits per heavy atom. The molecule has 0 spiro atoms. The fraction of sp³-hybridized carbons (Fsp3) is 0.400. The summed E-state index contributed by atoms with van der Waals surface area (Å²) in [5.41, 5.74) is 6.71. The number of nitrogens with two attached hydrogens (primary N) is 1. The summed E-state index contributed by atoms with van der Waals surface area (Å²) in [6, 6.07) is 3.49. The molecule has 0 aromatic carbocycles. The van der Waals surface area contributed by atoms with Gasteiger partial charge in [-0.15, -0.1) is 0 Å². The van der Waals surface area contributed by atoms with Gasteiger partial charge in [0.05, 0.1) is 18.5 Å². The van der Waals surface area contributed by atoms with Crippen molar-refractivity contribution in [1.82, 2.24) is 4.98 Å². The summed E-state index contributed by atoms with van der Waals surface area (Å²) in [6.45, 7) is 3.43. The molecule has 0 saturated heterocycles. The minimum atomic E-state index is -0.0169. The Labute approximate surface area is 94.0 Å². The maximum Gasteiger partial charge on any atom is 0.188 e. The van der Waals surface area contributed by atoms with E-state index in [1.54, 1.807) is 12.3 Å². The summed E-state index contributed by atoms with van der Waals surface area (Å²) in [5.74, 6) is -0.0169. The van der Waals surface area contributed by atoms with Crippen LogP contribution in [0.2, 0.25) is 0 Å². The molecule has 0 unspecified atom stereocenters. The second-order valence-corrected chi connectivity index (χ2v) is 3.19. The van der Waals surface area contributed by atoms with Crippen LogP contribution in [0, 0.1) is 0 Å². The predicted molar refractivity (Wildman–Crippen MR) is 61.7 cm³/mol. The number of rotatable bonds is 5. The molecule has 4 N–H and O–H groups in total. The summed E-state index contributed by atoms with van der Waals surface area (Å²) >= 11 is 0. The van der Waals surface area contributed by atoms with E-state index in [9.17, 15) is 0 Å². The van der Waals surface area contributed by atoms with Gasteiger partial charge >= 0.3 is 0 Å². The number of nitrogens with zero attached hydrogens (tertiary/aromatic N) is 3. The maximum absolute atomic E-state index is 8.88. The lowest BCUT2D eigenvalue weighted by molar-refractivity contribution is 0.302. The molecule has 16 heavy (non-hydrogen) atoms. The number of likely N-dealkylation sites (N-methyl/N-ethyl adjacent to an activating group) is 1. The number of aliphatic hydroxyl groups is 1. The first-order chi connectivity index (χ1) is 7.72. The molecule has 6 heteroatoms. The van der Waals surface area contributed by atoms with Gasteiger partial charge in [-0.05, 0) is 19.1 Å². The predicted octanol–water partition coefficient (Wildman–Crippen LogP) is -0.00530. The van der Waals surface area contributed by atoms with Gasteiger partial charge in [-0.2, -0.15) is 0 Å².